The van der Waals surface area contributed by atoms with E-state index < -0.39 is 37.3 Å². The van der Waals surface area contributed by atoms with E-state index >= 15 is 0 Å². The molecule has 1 aliphatic rings. The van der Waals surface area contributed by atoms with Gasteiger partial charge in [-0.1, -0.05) is 0 Å². The summed E-state index contributed by atoms with van der Waals surface area (Å²) in [5, 5.41) is 36.9. The second-order valence-corrected chi connectivity index (χ2v) is 3.15. The molecule has 0 aromatic heterocycles. The zero-order chi connectivity index (χ0) is 10.7. The van der Waals surface area contributed by atoms with Crippen LogP contribution in [0.1, 0.15) is 6.92 Å². The summed E-state index contributed by atoms with van der Waals surface area (Å²) in [5.41, 5.74) is 0. The van der Waals surface area contributed by atoms with Crippen LogP contribution in [0.25, 0.3) is 0 Å². The predicted octanol–water partition coefficient (Wildman–Crippen LogP) is -2.18. The molecule has 0 radical (unpaired) electrons. The molecule has 1 fully saturated rings. The number of aliphatic hydroxyl groups is 4. The summed E-state index contributed by atoms with van der Waals surface area (Å²) in [7, 11) is 0. The van der Waals surface area contributed by atoms with Crippen LogP contribution in [0.15, 0.2) is 0 Å². The molecule has 0 bridgehead atoms. The van der Waals surface area contributed by atoms with Crippen LogP contribution in [0, 0.1) is 0 Å². The molecular formula is C8H16O6. The van der Waals surface area contributed by atoms with Gasteiger partial charge in [0.1, 0.15) is 24.4 Å². The van der Waals surface area contributed by atoms with E-state index in [-0.39, 0.29) is 0 Å². The summed E-state index contributed by atoms with van der Waals surface area (Å²) in [4.78, 5) is 0. The molecule has 1 saturated heterocycles. The van der Waals surface area contributed by atoms with Crippen LogP contribution in [0.4, 0.5) is 0 Å². The molecular weight excluding hydrogens is 192 g/mol. The molecule has 5 atom stereocenters. The smallest absolute Gasteiger partial charge is 0.186 e. The monoisotopic (exact) mass is 208 g/mol. The summed E-state index contributed by atoms with van der Waals surface area (Å²) >= 11 is 0. The van der Waals surface area contributed by atoms with E-state index in [1.54, 1.807) is 6.92 Å². The standard InChI is InChI=1S/C8H16O6/c1-2-13-8-7(12)6(11)5(10)4(3-9)14-8/h4-12H,2-3H2,1H3/t4-,5-,6+,7-,8-/m1/s1. The van der Waals surface area contributed by atoms with Crippen LogP contribution in [0.3, 0.4) is 0 Å². The van der Waals surface area contributed by atoms with Crippen molar-refractivity contribution >= 4 is 0 Å². The fraction of sp³-hybridized carbons (Fsp3) is 1.00. The van der Waals surface area contributed by atoms with E-state index in [0.29, 0.717) is 6.61 Å². The van der Waals surface area contributed by atoms with Gasteiger partial charge in [-0.25, -0.2) is 0 Å². The lowest BCUT2D eigenvalue weighted by Gasteiger charge is -2.39. The number of aliphatic hydroxyl groups excluding tert-OH is 4. The van der Waals surface area contributed by atoms with Gasteiger partial charge >= 0.3 is 0 Å². The molecule has 4 N–H and O–H groups in total. The second-order valence-electron chi connectivity index (χ2n) is 3.15. The van der Waals surface area contributed by atoms with Crippen molar-refractivity contribution in [3.8, 4) is 0 Å². The highest BCUT2D eigenvalue weighted by Crippen LogP contribution is 2.21. The predicted molar refractivity (Wildman–Crippen MR) is 45.4 cm³/mol. The average molecular weight is 208 g/mol. The molecule has 1 rings (SSSR count). The van der Waals surface area contributed by atoms with Crippen molar-refractivity contribution in [2.24, 2.45) is 0 Å². The van der Waals surface area contributed by atoms with Crippen molar-refractivity contribution in [1.29, 1.82) is 0 Å². The third kappa shape index (κ3) is 2.22. The Morgan fingerprint density at radius 1 is 1.14 bits per heavy atom. The summed E-state index contributed by atoms with van der Waals surface area (Å²) in [6, 6.07) is 0. The van der Waals surface area contributed by atoms with Gasteiger partial charge in [0.05, 0.1) is 6.61 Å². The van der Waals surface area contributed by atoms with Crippen LogP contribution in [0.2, 0.25) is 0 Å². The Hall–Kier alpha value is -0.240. The van der Waals surface area contributed by atoms with Crippen LogP contribution in [-0.4, -0.2) is 64.3 Å². The lowest BCUT2D eigenvalue weighted by molar-refractivity contribution is -0.300. The highest BCUT2D eigenvalue weighted by atomic mass is 16.7. The Labute approximate surface area is 81.7 Å². The maximum Gasteiger partial charge on any atom is 0.186 e. The maximum absolute atomic E-state index is 9.41. The van der Waals surface area contributed by atoms with Gasteiger partial charge in [-0.05, 0) is 6.92 Å². The van der Waals surface area contributed by atoms with Crippen molar-refractivity contribution < 1.29 is 29.9 Å². The van der Waals surface area contributed by atoms with E-state index in [9.17, 15) is 15.3 Å². The molecule has 0 unspecified atom stereocenters. The quantitative estimate of drug-likeness (QED) is 0.421. The lowest BCUT2D eigenvalue weighted by Crippen LogP contribution is -2.59. The van der Waals surface area contributed by atoms with Crippen molar-refractivity contribution in [1.82, 2.24) is 0 Å². The van der Waals surface area contributed by atoms with Gasteiger partial charge in [0.2, 0.25) is 0 Å². The Morgan fingerprint density at radius 3 is 2.29 bits per heavy atom. The molecule has 0 saturated carbocycles. The Morgan fingerprint density at radius 2 is 1.79 bits per heavy atom. The molecule has 0 aliphatic carbocycles. The van der Waals surface area contributed by atoms with Crippen LogP contribution in [0.5, 0.6) is 0 Å². The minimum Gasteiger partial charge on any atom is -0.394 e. The topological polar surface area (TPSA) is 99.4 Å². The largest absolute Gasteiger partial charge is 0.394 e. The third-order valence-electron chi connectivity index (χ3n) is 2.18. The molecule has 6 nitrogen and oxygen atoms in total. The summed E-state index contributed by atoms with van der Waals surface area (Å²) < 4.78 is 10.0. The SMILES string of the molecule is CCO[C@@H]1O[C@H](CO)[C@@H](O)[C@H](O)[C@H]1O. The zero-order valence-electron chi connectivity index (χ0n) is 7.91. The van der Waals surface area contributed by atoms with E-state index in [1.165, 1.54) is 0 Å². The fourth-order valence-electron chi connectivity index (χ4n) is 1.37. The first-order chi connectivity index (χ1) is 6.61. The van der Waals surface area contributed by atoms with E-state index in [2.05, 4.69) is 0 Å². The van der Waals surface area contributed by atoms with Gasteiger partial charge in [-0.3, -0.25) is 0 Å². The van der Waals surface area contributed by atoms with Crippen molar-refractivity contribution in [3.05, 3.63) is 0 Å². The molecule has 0 spiro atoms. The fourth-order valence-corrected chi connectivity index (χ4v) is 1.37. The minimum atomic E-state index is -1.36. The maximum atomic E-state index is 9.41. The number of ether oxygens (including phenoxy) is 2. The van der Waals surface area contributed by atoms with E-state index in [0.717, 1.165) is 0 Å². The van der Waals surface area contributed by atoms with Gasteiger partial charge in [0.25, 0.3) is 0 Å². The molecule has 1 aliphatic heterocycles. The van der Waals surface area contributed by atoms with Gasteiger partial charge in [-0.15, -0.1) is 0 Å². The number of hydrogen-bond donors (Lipinski definition) is 4. The first-order valence-corrected chi connectivity index (χ1v) is 4.54. The van der Waals surface area contributed by atoms with Crippen LogP contribution in [-0.2, 0) is 9.47 Å². The zero-order valence-corrected chi connectivity index (χ0v) is 7.91. The molecule has 0 aromatic rings. The van der Waals surface area contributed by atoms with Crippen molar-refractivity contribution in [2.45, 2.75) is 37.6 Å². The van der Waals surface area contributed by atoms with E-state index in [4.69, 9.17) is 14.6 Å². The highest BCUT2D eigenvalue weighted by molar-refractivity contribution is 4.88. The molecule has 6 heteroatoms. The van der Waals surface area contributed by atoms with Crippen LogP contribution < -0.4 is 0 Å². The third-order valence-corrected chi connectivity index (χ3v) is 2.18. The molecule has 84 valence electrons. The first kappa shape index (κ1) is 11.8. The average Bonchev–Trinajstić information content (AvgIpc) is 2.19. The number of rotatable bonds is 3. The normalized spacial score (nSPS) is 43.9. The van der Waals surface area contributed by atoms with Gasteiger partial charge < -0.3 is 29.9 Å². The summed E-state index contributed by atoms with van der Waals surface area (Å²) in [6.45, 7) is 1.58. The van der Waals surface area contributed by atoms with Gasteiger partial charge in [0, 0.05) is 6.61 Å². The summed E-state index contributed by atoms with van der Waals surface area (Å²) in [6.07, 6.45) is -5.89. The Balaban J connectivity index is 2.63. The summed E-state index contributed by atoms with van der Waals surface area (Å²) in [5.74, 6) is 0. The Bertz CT molecular complexity index is 171. The van der Waals surface area contributed by atoms with E-state index in [1.807, 2.05) is 0 Å². The molecule has 0 aromatic carbocycles. The molecule has 0 amide bonds. The molecule has 14 heavy (non-hydrogen) atoms. The van der Waals surface area contributed by atoms with Crippen molar-refractivity contribution in [2.75, 3.05) is 13.2 Å². The number of hydrogen-bond acceptors (Lipinski definition) is 6. The first-order valence-electron chi connectivity index (χ1n) is 4.54. The minimum absolute atomic E-state index is 0.308. The highest BCUT2D eigenvalue weighted by Gasteiger charge is 2.43. The van der Waals surface area contributed by atoms with Gasteiger partial charge in [-0.2, -0.15) is 0 Å². The Kier molecular flexibility index (Phi) is 4.24. The molecule has 1 heterocycles. The van der Waals surface area contributed by atoms with Crippen molar-refractivity contribution in [3.63, 3.8) is 0 Å². The second kappa shape index (κ2) is 5.01. The van der Waals surface area contributed by atoms with Crippen LogP contribution >= 0.6 is 0 Å². The van der Waals surface area contributed by atoms with Gasteiger partial charge in [0.15, 0.2) is 6.29 Å². The lowest BCUT2D eigenvalue weighted by atomic mass is 9.99.